The zero-order valence-corrected chi connectivity index (χ0v) is 11.9. The van der Waals surface area contributed by atoms with Crippen LogP contribution >= 0.6 is 0 Å². The molecule has 13 heteroatoms. The normalized spacial score (nSPS) is 23.1. The van der Waals surface area contributed by atoms with Crippen molar-refractivity contribution in [2.24, 2.45) is 0 Å². The van der Waals surface area contributed by atoms with Crippen LogP contribution in [0.3, 0.4) is 0 Å². The number of nitrogens with zero attached hydrogens (tertiary/aromatic N) is 2. The highest BCUT2D eigenvalue weighted by Gasteiger charge is 2.54. The first-order valence-electron chi connectivity index (χ1n) is 6.29. The molecule has 0 amide bonds. The fraction of sp³-hybridized carbons (Fsp3) is 0.333. The first kappa shape index (κ1) is 18.1. The SMILES string of the molecule is N#C[C@@]1(n2ccc(=O)[nH]c2=O)OC(COC(=O)C(F)(F)F)=C(O)C1O. The summed E-state index contributed by atoms with van der Waals surface area (Å²) in [5.41, 5.74) is -4.65. The van der Waals surface area contributed by atoms with Gasteiger partial charge in [-0.05, 0) is 0 Å². The highest BCUT2D eigenvalue weighted by Crippen LogP contribution is 2.36. The third-order valence-corrected chi connectivity index (χ3v) is 3.10. The molecule has 1 unspecified atom stereocenters. The second-order valence-electron chi connectivity index (χ2n) is 4.68. The van der Waals surface area contributed by atoms with Crippen molar-refractivity contribution in [3.8, 4) is 6.07 Å². The van der Waals surface area contributed by atoms with E-state index in [4.69, 9.17) is 4.74 Å². The van der Waals surface area contributed by atoms with Crippen molar-refractivity contribution in [2.75, 3.05) is 6.61 Å². The summed E-state index contributed by atoms with van der Waals surface area (Å²) in [7, 11) is 0. The lowest BCUT2D eigenvalue weighted by molar-refractivity contribution is -0.200. The van der Waals surface area contributed by atoms with Gasteiger partial charge in [0.05, 0.1) is 0 Å². The van der Waals surface area contributed by atoms with Crippen molar-refractivity contribution in [3.63, 3.8) is 0 Å². The Kier molecular flexibility index (Phi) is 4.32. The summed E-state index contributed by atoms with van der Waals surface area (Å²) in [5, 5.41) is 29.0. The van der Waals surface area contributed by atoms with Gasteiger partial charge in [-0.2, -0.15) is 18.4 Å². The number of hydrogen-bond donors (Lipinski definition) is 3. The number of carbonyl (C=O) groups is 1. The molecule has 1 aromatic rings. The maximum atomic E-state index is 12.1. The van der Waals surface area contributed by atoms with Crippen LogP contribution in [0.2, 0.25) is 0 Å². The number of carbonyl (C=O) groups excluding carboxylic acids is 1. The Morgan fingerprint density at radius 1 is 1.52 bits per heavy atom. The Bertz CT molecular complexity index is 895. The zero-order valence-electron chi connectivity index (χ0n) is 11.9. The Morgan fingerprint density at radius 3 is 2.68 bits per heavy atom. The predicted octanol–water partition coefficient (Wildman–Crippen LogP) is -1.02. The van der Waals surface area contributed by atoms with Gasteiger partial charge in [0.15, 0.2) is 24.2 Å². The molecule has 0 aromatic carbocycles. The maximum absolute atomic E-state index is 12.1. The number of hydrogen-bond acceptors (Lipinski definition) is 8. The number of rotatable bonds is 3. The fourth-order valence-corrected chi connectivity index (χ4v) is 1.95. The third-order valence-electron chi connectivity index (χ3n) is 3.10. The summed E-state index contributed by atoms with van der Waals surface area (Å²) in [5.74, 6) is -4.58. The van der Waals surface area contributed by atoms with E-state index in [0.717, 1.165) is 12.3 Å². The number of aromatic nitrogens is 2. The molecule has 2 atom stereocenters. The van der Waals surface area contributed by atoms with Gasteiger partial charge in [0, 0.05) is 12.3 Å². The Labute approximate surface area is 134 Å². The van der Waals surface area contributed by atoms with Gasteiger partial charge in [-0.1, -0.05) is 0 Å². The quantitative estimate of drug-likeness (QED) is 0.577. The van der Waals surface area contributed by atoms with Gasteiger partial charge in [-0.3, -0.25) is 9.78 Å². The third kappa shape index (κ3) is 3.06. The second-order valence-corrected chi connectivity index (χ2v) is 4.68. The molecule has 2 heterocycles. The van der Waals surface area contributed by atoms with Crippen LogP contribution in [-0.4, -0.2) is 44.6 Å². The van der Waals surface area contributed by atoms with Crippen molar-refractivity contribution < 1.29 is 37.7 Å². The van der Waals surface area contributed by atoms with E-state index in [1.807, 2.05) is 0 Å². The van der Waals surface area contributed by atoms with Gasteiger partial charge in [-0.15, -0.1) is 0 Å². The van der Waals surface area contributed by atoms with Gasteiger partial charge >= 0.3 is 23.6 Å². The molecule has 134 valence electrons. The summed E-state index contributed by atoms with van der Waals surface area (Å²) in [6, 6.07) is 2.19. The molecular weight excluding hydrogens is 355 g/mol. The summed E-state index contributed by atoms with van der Waals surface area (Å²) < 4.78 is 45.5. The van der Waals surface area contributed by atoms with Crippen molar-refractivity contribution in [2.45, 2.75) is 18.0 Å². The van der Waals surface area contributed by atoms with Gasteiger partial charge in [0.2, 0.25) is 0 Å². The van der Waals surface area contributed by atoms with Crippen molar-refractivity contribution in [3.05, 3.63) is 44.6 Å². The molecule has 0 aliphatic carbocycles. The second kappa shape index (κ2) is 5.98. The molecular formula is C12H8F3N3O7. The lowest BCUT2D eigenvalue weighted by Crippen LogP contribution is -2.49. The van der Waals surface area contributed by atoms with E-state index in [1.54, 1.807) is 4.98 Å². The van der Waals surface area contributed by atoms with Gasteiger partial charge in [0.25, 0.3) is 5.56 Å². The molecule has 25 heavy (non-hydrogen) atoms. The minimum Gasteiger partial charge on any atom is -0.506 e. The van der Waals surface area contributed by atoms with E-state index in [9.17, 15) is 43.0 Å². The number of alkyl halides is 3. The van der Waals surface area contributed by atoms with E-state index in [1.165, 1.54) is 6.07 Å². The number of aromatic amines is 1. The van der Waals surface area contributed by atoms with Crippen LogP contribution in [0.5, 0.6) is 0 Å². The minimum absolute atomic E-state index is 0.411. The van der Waals surface area contributed by atoms with E-state index in [0.29, 0.717) is 4.57 Å². The first-order chi connectivity index (χ1) is 11.5. The first-order valence-corrected chi connectivity index (χ1v) is 6.29. The smallest absolute Gasteiger partial charge is 0.490 e. The Morgan fingerprint density at radius 2 is 2.16 bits per heavy atom. The van der Waals surface area contributed by atoms with Crippen molar-refractivity contribution in [1.82, 2.24) is 9.55 Å². The lowest BCUT2D eigenvalue weighted by atomic mass is 10.1. The highest BCUT2D eigenvalue weighted by atomic mass is 19.4. The topological polar surface area (TPSA) is 155 Å². The number of esters is 1. The zero-order chi connectivity index (χ0) is 19.0. The van der Waals surface area contributed by atoms with Crippen LogP contribution in [0.25, 0.3) is 0 Å². The number of ether oxygens (including phenoxy) is 2. The van der Waals surface area contributed by atoms with Crippen LogP contribution in [0.1, 0.15) is 0 Å². The van der Waals surface area contributed by atoms with Crippen LogP contribution in [0, 0.1) is 11.3 Å². The number of H-pyrrole nitrogens is 1. The standard InChI is InChI=1S/C12H8F3N3O7/c13-12(14,15)9(22)24-3-5-7(20)8(21)11(4-16,25-5)18-2-1-6(19)17-10(18)23/h1-2,8,20-21H,3H2,(H,17,19,23)/t8?,11-/m1/s1. The Balaban J connectivity index is 2.34. The number of halogens is 3. The minimum atomic E-state index is -5.31. The van der Waals surface area contributed by atoms with Crippen molar-refractivity contribution in [1.29, 1.82) is 5.26 Å². The molecule has 1 aromatic heterocycles. The lowest BCUT2D eigenvalue weighted by Gasteiger charge is -2.26. The average molecular weight is 363 g/mol. The van der Waals surface area contributed by atoms with E-state index < -0.39 is 53.3 Å². The number of aliphatic hydroxyl groups excluding tert-OH is 2. The number of aliphatic hydroxyl groups is 2. The molecule has 0 spiro atoms. The van der Waals surface area contributed by atoms with Gasteiger partial charge < -0.3 is 19.7 Å². The molecule has 3 N–H and O–H groups in total. The summed E-state index contributed by atoms with van der Waals surface area (Å²) in [4.78, 5) is 35.3. The molecule has 1 aliphatic heterocycles. The van der Waals surface area contributed by atoms with Crippen LogP contribution in [-0.2, 0) is 20.0 Å². The number of nitrogens with one attached hydrogen (secondary N) is 1. The van der Waals surface area contributed by atoms with E-state index in [-0.39, 0.29) is 0 Å². The van der Waals surface area contributed by atoms with Crippen LogP contribution in [0.4, 0.5) is 13.2 Å². The maximum Gasteiger partial charge on any atom is 0.490 e. The van der Waals surface area contributed by atoms with Crippen LogP contribution in [0.15, 0.2) is 33.4 Å². The van der Waals surface area contributed by atoms with E-state index in [2.05, 4.69) is 4.74 Å². The largest absolute Gasteiger partial charge is 0.506 e. The molecule has 2 rings (SSSR count). The monoisotopic (exact) mass is 363 g/mol. The van der Waals surface area contributed by atoms with Crippen LogP contribution < -0.4 is 11.2 Å². The highest BCUT2D eigenvalue weighted by molar-refractivity contribution is 5.75. The van der Waals surface area contributed by atoms with Gasteiger partial charge in [0.1, 0.15) is 6.07 Å². The predicted molar refractivity (Wildman–Crippen MR) is 68.7 cm³/mol. The Hall–Kier alpha value is -3.27. The molecule has 0 radical (unpaired) electrons. The fourth-order valence-electron chi connectivity index (χ4n) is 1.95. The summed E-state index contributed by atoms with van der Waals surface area (Å²) >= 11 is 0. The van der Waals surface area contributed by atoms with E-state index >= 15 is 0 Å². The summed E-state index contributed by atoms with van der Waals surface area (Å²) in [6.45, 7) is -1.26. The number of nitriles is 1. The summed E-state index contributed by atoms with van der Waals surface area (Å²) in [6.07, 6.45) is -6.75. The van der Waals surface area contributed by atoms with Gasteiger partial charge in [-0.25, -0.2) is 14.2 Å². The molecule has 0 saturated heterocycles. The van der Waals surface area contributed by atoms with Crippen molar-refractivity contribution >= 4 is 5.97 Å². The molecule has 1 aliphatic rings. The molecule has 10 nitrogen and oxygen atoms in total. The molecule has 0 bridgehead atoms. The molecule has 0 saturated carbocycles. The average Bonchev–Trinajstić information content (AvgIpc) is 2.77. The molecule has 0 fully saturated rings.